The van der Waals surface area contributed by atoms with Gasteiger partial charge in [-0.25, -0.2) is 9.78 Å². The van der Waals surface area contributed by atoms with E-state index in [1.54, 1.807) is 6.20 Å². The predicted octanol–water partition coefficient (Wildman–Crippen LogP) is 2.73. The Morgan fingerprint density at radius 3 is 2.84 bits per heavy atom. The van der Waals surface area contributed by atoms with E-state index < -0.39 is 6.09 Å². The quantitative estimate of drug-likeness (QED) is 0.700. The third-order valence-corrected chi connectivity index (χ3v) is 3.40. The summed E-state index contributed by atoms with van der Waals surface area (Å²) in [6, 6.07) is 3.87. The van der Waals surface area contributed by atoms with Gasteiger partial charge in [-0.1, -0.05) is 0 Å². The van der Waals surface area contributed by atoms with Crippen LogP contribution < -0.4 is 0 Å². The molecule has 0 fully saturated rings. The molecular weight excluding hydrogens is 312 g/mol. The largest absolute Gasteiger partial charge is 0.463 e. The number of nitrogens with zero attached hydrogens (tertiary/aromatic N) is 4. The van der Waals surface area contributed by atoms with Crippen molar-refractivity contribution in [2.45, 2.75) is 0 Å². The summed E-state index contributed by atoms with van der Waals surface area (Å²) in [5.41, 5.74) is 2.65. The van der Waals surface area contributed by atoms with Crippen LogP contribution in [0, 0.1) is 0 Å². The van der Waals surface area contributed by atoms with Crippen molar-refractivity contribution in [3.05, 3.63) is 35.3 Å². The number of fused-ring (bicyclic) bond motifs is 1. The molecule has 0 aliphatic rings. The lowest BCUT2D eigenvalue weighted by Crippen LogP contribution is -2.07. The number of hydrogen-bond acceptors (Lipinski definition) is 3. The Hall–Kier alpha value is -2.15. The van der Waals surface area contributed by atoms with E-state index in [0.717, 1.165) is 31.4 Å². The summed E-state index contributed by atoms with van der Waals surface area (Å²) in [6.07, 6.45) is 3.68. The first-order valence-corrected chi connectivity index (χ1v) is 6.25. The molecule has 0 aromatic carbocycles. The van der Waals surface area contributed by atoms with Crippen LogP contribution in [-0.4, -0.2) is 30.5 Å². The molecule has 0 amide bonds. The van der Waals surface area contributed by atoms with Crippen molar-refractivity contribution in [1.82, 2.24) is 19.3 Å². The molecule has 0 spiro atoms. The second kappa shape index (κ2) is 4.20. The first kappa shape index (κ1) is 11.9. The fraction of sp³-hybridized carbons (Fsp3) is 0.0833. The minimum absolute atomic E-state index is 0.747. The molecule has 3 aromatic heterocycles. The molecular formula is C12H9BrN4O2. The molecule has 0 bridgehead atoms. The molecule has 0 atom stereocenters. The van der Waals surface area contributed by atoms with Crippen LogP contribution in [0.25, 0.3) is 22.2 Å². The monoisotopic (exact) mass is 320 g/mol. The van der Waals surface area contributed by atoms with Crippen LogP contribution in [0.3, 0.4) is 0 Å². The maximum Gasteiger partial charge on any atom is 0.432 e. The van der Waals surface area contributed by atoms with Crippen molar-refractivity contribution >= 4 is 32.9 Å². The molecule has 0 aliphatic carbocycles. The van der Waals surface area contributed by atoms with Gasteiger partial charge in [0.2, 0.25) is 0 Å². The molecule has 19 heavy (non-hydrogen) atoms. The van der Waals surface area contributed by atoms with Gasteiger partial charge >= 0.3 is 6.09 Å². The molecule has 0 saturated carbocycles. The van der Waals surface area contributed by atoms with E-state index in [1.165, 1.54) is 12.4 Å². The van der Waals surface area contributed by atoms with Crippen molar-refractivity contribution in [1.29, 1.82) is 0 Å². The van der Waals surface area contributed by atoms with E-state index in [9.17, 15) is 4.79 Å². The van der Waals surface area contributed by atoms with E-state index in [-0.39, 0.29) is 0 Å². The van der Waals surface area contributed by atoms with Crippen LogP contribution in [-0.2, 0) is 7.05 Å². The summed E-state index contributed by atoms with van der Waals surface area (Å²) >= 11 is 3.34. The molecule has 0 saturated heterocycles. The van der Waals surface area contributed by atoms with Crippen molar-refractivity contribution in [3.8, 4) is 11.3 Å². The minimum Gasteiger partial charge on any atom is -0.463 e. The van der Waals surface area contributed by atoms with Gasteiger partial charge in [-0.15, -0.1) is 0 Å². The van der Waals surface area contributed by atoms with Crippen molar-refractivity contribution in [3.63, 3.8) is 0 Å². The van der Waals surface area contributed by atoms with Gasteiger partial charge in [-0.05, 0) is 28.1 Å². The maximum atomic E-state index is 10.8. The zero-order valence-electron chi connectivity index (χ0n) is 9.91. The van der Waals surface area contributed by atoms with Gasteiger partial charge in [0.15, 0.2) is 0 Å². The number of halogens is 1. The lowest BCUT2D eigenvalue weighted by Gasteiger charge is -2.01. The Morgan fingerprint density at radius 1 is 1.37 bits per heavy atom. The van der Waals surface area contributed by atoms with Gasteiger partial charge in [0.1, 0.15) is 4.60 Å². The Balaban J connectivity index is 2.19. The third kappa shape index (κ3) is 1.91. The summed E-state index contributed by atoms with van der Waals surface area (Å²) in [5, 5.41) is 13.7. The lowest BCUT2D eigenvalue weighted by atomic mass is 10.2. The number of hydrogen-bond donors (Lipinski definition) is 1. The molecule has 0 radical (unpaired) electrons. The zero-order chi connectivity index (χ0) is 13.6. The van der Waals surface area contributed by atoms with Crippen molar-refractivity contribution in [2.24, 2.45) is 7.05 Å². The number of pyridine rings is 1. The van der Waals surface area contributed by atoms with Crippen LogP contribution in [0.4, 0.5) is 4.79 Å². The van der Waals surface area contributed by atoms with E-state index in [1.807, 2.05) is 23.7 Å². The van der Waals surface area contributed by atoms with Crippen LogP contribution >= 0.6 is 15.9 Å². The fourth-order valence-corrected chi connectivity index (χ4v) is 2.36. The normalized spacial score (nSPS) is 11.1. The first-order valence-electron chi connectivity index (χ1n) is 5.45. The average Bonchev–Trinajstić information content (AvgIpc) is 2.95. The zero-order valence-corrected chi connectivity index (χ0v) is 11.5. The topological polar surface area (TPSA) is 72.9 Å². The van der Waals surface area contributed by atoms with E-state index >= 15 is 0 Å². The molecule has 3 heterocycles. The first-order chi connectivity index (χ1) is 9.06. The molecule has 3 aromatic rings. The molecule has 0 unspecified atom stereocenters. The summed E-state index contributed by atoms with van der Waals surface area (Å²) in [6.45, 7) is 0. The highest BCUT2D eigenvalue weighted by molar-refractivity contribution is 9.10. The number of rotatable bonds is 1. The van der Waals surface area contributed by atoms with Gasteiger partial charge in [0, 0.05) is 30.4 Å². The lowest BCUT2D eigenvalue weighted by molar-refractivity contribution is 0.192. The molecule has 6 nitrogen and oxygen atoms in total. The highest BCUT2D eigenvalue weighted by Crippen LogP contribution is 2.27. The summed E-state index contributed by atoms with van der Waals surface area (Å²) in [4.78, 5) is 15.0. The molecule has 3 rings (SSSR count). The van der Waals surface area contributed by atoms with Crippen LogP contribution in [0.15, 0.2) is 35.3 Å². The van der Waals surface area contributed by atoms with Crippen LogP contribution in [0.1, 0.15) is 0 Å². The fourth-order valence-electron chi connectivity index (χ4n) is 2.04. The van der Waals surface area contributed by atoms with Gasteiger partial charge in [-0.3, -0.25) is 0 Å². The predicted molar refractivity (Wildman–Crippen MR) is 73.1 cm³/mol. The minimum atomic E-state index is -1.10. The van der Waals surface area contributed by atoms with E-state index in [0.29, 0.717) is 0 Å². The third-order valence-electron chi connectivity index (χ3n) is 2.97. The SMILES string of the molecule is Cn1c(-c2cnn(C(=O)O)c2)cc2cnc(Br)cc21. The van der Waals surface area contributed by atoms with Gasteiger partial charge in [-0.2, -0.15) is 9.78 Å². The highest BCUT2D eigenvalue weighted by atomic mass is 79.9. The summed E-state index contributed by atoms with van der Waals surface area (Å²) in [5.74, 6) is 0. The standard InChI is InChI=1S/C12H9BrN4O2/c1-16-9(8-5-15-17(6-8)12(18)19)2-7-4-14-11(13)3-10(7)16/h2-6H,1H3,(H,18,19). The second-order valence-electron chi connectivity index (χ2n) is 4.11. The second-order valence-corrected chi connectivity index (χ2v) is 4.92. The molecule has 96 valence electrons. The average molecular weight is 321 g/mol. The van der Waals surface area contributed by atoms with Crippen molar-refractivity contribution in [2.75, 3.05) is 0 Å². The Labute approximate surface area is 116 Å². The van der Waals surface area contributed by atoms with Gasteiger partial charge in [0.25, 0.3) is 0 Å². The Bertz CT molecular complexity index is 790. The molecule has 0 aliphatic heterocycles. The maximum absolute atomic E-state index is 10.8. The summed E-state index contributed by atoms with van der Waals surface area (Å²) in [7, 11) is 1.92. The Morgan fingerprint density at radius 2 is 2.16 bits per heavy atom. The van der Waals surface area contributed by atoms with Crippen molar-refractivity contribution < 1.29 is 9.90 Å². The van der Waals surface area contributed by atoms with Crippen LogP contribution in [0.2, 0.25) is 0 Å². The van der Waals surface area contributed by atoms with E-state index in [2.05, 4.69) is 26.0 Å². The number of carbonyl (C=O) groups is 1. The van der Waals surface area contributed by atoms with Crippen LogP contribution in [0.5, 0.6) is 0 Å². The highest BCUT2D eigenvalue weighted by Gasteiger charge is 2.12. The molecule has 7 heteroatoms. The number of carboxylic acid groups (broad SMARTS) is 1. The van der Waals surface area contributed by atoms with Gasteiger partial charge in [0.05, 0.1) is 17.4 Å². The number of aryl methyl sites for hydroxylation is 1. The Kier molecular flexibility index (Phi) is 2.63. The smallest absolute Gasteiger partial charge is 0.432 e. The summed E-state index contributed by atoms with van der Waals surface area (Å²) < 4.78 is 3.63. The number of aromatic nitrogens is 4. The van der Waals surface area contributed by atoms with E-state index in [4.69, 9.17) is 5.11 Å². The van der Waals surface area contributed by atoms with Gasteiger partial charge < -0.3 is 9.67 Å². The molecule has 1 N–H and O–H groups in total.